The van der Waals surface area contributed by atoms with Crippen LogP contribution in [0.1, 0.15) is 12.8 Å². The number of nitrogens with one attached hydrogen (secondary N) is 1. The highest BCUT2D eigenvalue weighted by molar-refractivity contribution is 7.92. The lowest BCUT2D eigenvalue weighted by molar-refractivity contribution is -0.117. The van der Waals surface area contributed by atoms with Crippen LogP contribution in [0.25, 0.3) is 0 Å². The molecule has 0 spiro atoms. The van der Waals surface area contributed by atoms with Gasteiger partial charge in [0.05, 0.1) is 21.4 Å². The van der Waals surface area contributed by atoms with Gasteiger partial charge in [0.1, 0.15) is 4.90 Å². The van der Waals surface area contributed by atoms with Crippen molar-refractivity contribution in [3.63, 3.8) is 0 Å². The summed E-state index contributed by atoms with van der Waals surface area (Å²) in [4.78, 5) is 13.4. The molecule has 1 aliphatic heterocycles. The number of carbonyl (C=O) groups excluding carboxylic acids is 1. The standard InChI is InChI=1S/C16H14Cl2N2O3S/c17-12-4-1-2-5-15(12)24(22,23)19-11-7-8-14(13(18)10-11)20-9-3-6-16(20)21/h1-2,4-5,7-8,10,19H,3,6,9H2. The average Bonchev–Trinajstić information content (AvgIpc) is 2.93. The molecule has 3 rings (SSSR count). The minimum absolute atomic E-state index is 0.0124. The SMILES string of the molecule is O=C1CCCN1c1ccc(NS(=O)(=O)c2ccccc2Cl)cc1Cl. The van der Waals surface area contributed by atoms with Gasteiger partial charge in [0, 0.05) is 13.0 Å². The summed E-state index contributed by atoms with van der Waals surface area (Å²) < 4.78 is 27.3. The van der Waals surface area contributed by atoms with Gasteiger partial charge >= 0.3 is 0 Å². The van der Waals surface area contributed by atoms with Crippen LogP contribution in [0, 0.1) is 0 Å². The van der Waals surface area contributed by atoms with Crippen molar-refractivity contribution >= 4 is 50.5 Å². The number of hydrogen-bond donors (Lipinski definition) is 1. The molecule has 2 aromatic carbocycles. The molecule has 1 amide bonds. The van der Waals surface area contributed by atoms with Gasteiger partial charge < -0.3 is 4.90 Å². The predicted molar refractivity (Wildman–Crippen MR) is 95.3 cm³/mol. The van der Waals surface area contributed by atoms with Crippen LogP contribution in [0.5, 0.6) is 0 Å². The summed E-state index contributed by atoms with van der Waals surface area (Å²) in [6, 6.07) is 10.9. The van der Waals surface area contributed by atoms with E-state index in [9.17, 15) is 13.2 Å². The molecule has 0 saturated carbocycles. The van der Waals surface area contributed by atoms with Crippen molar-refractivity contribution in [2.75, 3.05) is 16.2 Å². The Morgan fingerprint density at radius 2 is 1.79 bits per heavy atom. The molecule has 1 N–H and O–H groups in total. The normalized spacial score (nSPS) is 14.9. The fraction of sp³-hybridized carbons (Fsp3) is 0.188. The van der Waals surface area contributed by atoms with Gasteiger partial charge in [0.25, 0.3) is 10.0 Å². The van der Waals surface area contributed by atoms with Crippen molar-refractivity contribution in [3.8, 4) is 0 Å². The molecule has 5 nitrogen and oxygen atoms in total. The molecule has 2 aromatic rings. The van der Waals surface area contributed by atoms with E-state index < -0.39 is 10.0 Å². The second-order valence-electron chi connectivity index (χ2n) is 5.35. The number of nitrogens with zero attached hydrogens (tertiary/aromatic N) is 1. The highest BCUT2D eigenvalue weighted by atomic mass is 35.5. The zero-order valence-electron chi connectivity index (χ0n) is 12.5. The van der Waals surface area contributed by atoms with Gasteiger partial charge in [-0.25, -0.2) is 8.42 Å². The molecule has 0 unspecified atom stereocenters. The third-order valence-electron chi connectivity index (χ3n) is 3.69. The molecule has 8 heteroatoms. The summed E-state index contributed by atoms with van der Waals surface area (Å²) in [5.41, 5.74) is 0.884. The minimum atomic E-state index is -3.82. The van der Waals surface area contributed by atoms with Crippen LogP contribution < -0.4 is 9.62 Å². The number of amides is 1. The first-order valence-corrected chi connectivity index (χ1v) is 9.50. The lowest BCUT2D eigenvalue weighted by Crippen LogP contribution is -2.24. The summed E-state index contributed by atoms with van der Waals surface area (Å²) in [5.74, 6) is 0.0151. The van der Waals surface area contributed by atoms with Crippen LogP contribution in [0.3, 0.4) is 0 Å². The lowest BCUT2D eigenvalue weighted by Gasteiger charge is -2.18. The van der Waals surface area contributed by atoms with Crippen molar-refractivity contribution in [3.05, 3.63) is 52.5 Å². The first kappa shape index (κ1) is 17.1. The van der Waals surface area contributed by atoms with E-state index in [0.29, 0.717) is 29.4 Å². The van der Waals surface area contributed by atoms with E-state index in [2.05, 4.69) is 4.72 Å². The topological polar surface area (TPSA) is 66.5 Å². The zero-order chi connectivity index (χ0) is 17.3. The molecule has 1 saturated heterocycles. The third-order valence-corrected chi connectivity index (χ3v) is 5.87. The first-order valence-electron chi connectivity index (χ1n) is 7.26. The fourth-order valence-electron chi connectivity index (χ4n) is 2.56. The van der Waals surface area contributed by atoms with E-state index in [1.807, 2.05) is 0 Å². The first-order chi connectivity index (χ1) is 11.4. The summed E-state index contributed by atoms with van der Waals surface area (Å²) in [7, 11) is -3.82. The van der Waals surface area contributed by atoms with Crippen molar-refractivity contribution in [2.45, 2.75) is 17.7 Å². The van der Waals surface area contributed by atoms with Gasteiger partial charge in [-0.3, -0.25) is 9.52 Å². The van der Waals surface area contributed by atoms with Gasteiger partial charge in [0.15, 0.2) is 0 Å². The molecule has 0 aromatic heterocycles. The molecule has 0 bridgehead atoms. The quantitative estimate of drug-likeness (QED) is 0.868. The van der Waals surface area contributed by atoms with Crippen LogP contribution in [0.4, 0.5) is 11.4 Å². The number of carbonyl (C=O) groups is 1. The zero-order valence-corrected chi connectivity index (χ0v) is 14.8. The Bertz CT molecular complexity index is 900. The van der Waals surface area contributed by atoms with Crippen molar-refractivity contribution < 1.29 is 13.2 Å². The van der Waals surface area contributed by atoms with Gasteiger partial charge in [-0.2, -0.15) is 0 Å². The summed E-state index contributed by atoms with van der Waals surface area (Å²) in [6.45, 7) is 0.614. The highest BCUT2D eigenvalue weighted by Gasteiger charge is 2.24. The predicted octanol–water partition coefficient (Wildman–Crippen LogP) is 3.92. The highest BCUT2D eigenvalue weighted by Crippen LogP contribution is 2.32. The van der Waals surface area contributed by atoms with E-state index in [-0.39, 0.29) is 15.8 Å². The molecular weight excluding hydrogens is 371 g/mol. The Balaban J connectivity index is 1.87. The van der Waals surface area contributed by atoms with Crippen LogP contribution >= 0.6 is 23.2 Å². The maximum Gasteiger partial charge on any atom is 0.263 e. The van der Waals surface area contributed by atoms with Crippen molar-refractivity contribution in [2.24, 2.45) is 0 Å². The molecule has 126 valence electrons. The van der Waals surface area contributed by atoms with Crippen LogP contribution in [-0.2, 0) is 14.8 Å². The van der Waals surface area contributed by atoms with Crippen LogP contribution in [-0.4, -0.2) is 20.9 Å². The largest absolute Gasteiger partial charge is 0.311 e. The Kier molecular flexibility index (Phi) is 4.71. The van der Waals surface area contributed by atoms with Crippen LogP contribution in [0.15, 0.2) is 47.4 Å². The molecule has 0 aliphatic carbocycles. The molecule has 1 heterocycles. The second kappa shape index (κ2) is 6.63. The molecule has 0 atom stereocenters. The van der Waals surface area contributed by atoms with E-state index >= 15 is 0 Å². The number of hydrogen-bond acceptors (Lipinski definition) is 3. The number of halogens is 2. The van der Waals surface area contributed by atoms with E-state index in [0.717, 1.165) is 6.42 Å². The van der Waals surface area contributed by atoms with Crippen molar-refractivity contribution in [1.82, 2.24) is 0 Å². The maximum absolute atomic E-state index is 12.4. The van der Waals surface area contributed by atoms with Gasteiger partial charge in [-0.1, -0.05) is 35.3 Å². The number of sulfonamides is 1. The smallest absolute Gasteiger partial charge is 0.263 e. The minimum Gasteiger partial charge on any atom is -0.311 e. The Morgan fingerprint density at radius 1 is 1.04 bits per heavy atom. The van der Waals surface area contributed by atoms with Gasteiger partial charge in [0.2, 0.25) is 5.91 Å². The number of rotatable bonds is 4. The Morgan fingerprint density at radius 3 is 2.42 bits per heavy atom. The van der Waals surface area contributed by atoms with E-state index in [4.69, 9.17) is 23.2 Å². The molecule has 1 aliphatic rings. The lowest BCUT2D eigenvalue weighted by atomic mass is 10.2. The number of anilines is 2. The second-order valence-corrected chi connectivity index (χ2v) is 7.82. The third kappa shape index (κ3) is 3.36. The monoisotopic (exact) mass is 384 g/mol. The summed E-state index contributed by atoms with van der Waals surface area (Å²) in [5, 5.41) is 0.444. The van der Waals surface area contributed by atoms with Gasteiger partial charge in [-0.05, 0) is 36.8 Å². The van der Waals surface area contributed by atoms with Crippen molar-refractivity contribution in [1.29, 1.82) is 0 Å². The summed E-state index contributed by atoms with van der Waals surface area (Å²) >= 11 is 12.2. The molecular formula is C16H14Cl2N2O3S. The van der Waals surface area contributed by atoms with Gasteiger partial charge in [-0.15, -0.1) is 0 Å². The molecule has 24 heavy (non-hydrogen) atoms. The van der Waals surface area contributed by atoms with E-state index in [1.54, 1.807) is 29.2 Å². The van der Waals surface area contributed by atoms with E-state index in [1.165, 1.54) is 18.2 Å². The Labute approximate surface area is 150 Å². The van der Waals surface area contributed by atoms with Crippen LogP contribution in [0.2, 0.25) is 10.0 Å². The molecule has 1 fully saturated rings. The summed E-state index contributed by atoms with van der Waals surface area (Å²) in [6.07, 6.45) is 1.28. The average molecular weight is 385 g/mol. The Hall–Kier alpha value is -1.76. The fourth-order valence-corrected chi connectivity index (χ4v) is 4.42. The number of benzene rings is 2. The maximum atomic E-state index is 12.4. The molecule has 0 radical (unpaired) electrons.